The van der Waals surface area contributed by atoms with Crippen molar-refractivity contribution in [2.24, 2.45) is 0 Å². The van der Waals surface area contributed by atoms with Gasteiger partial charge in [0.15, 0.2) is 6.61 Å². The van der Waals surface area contributed by atoms with E-state index < -0.39 is 5.97 Å². The number of carbonyl (C=O) groups excluding carboxylic acids is 1. The van der Waals surface area contributed by atoms with Crippen molar-refractivity contribution in [3.8, 4) is 22.6 Å². The number of rotatable bonds is 5. The van der Waals surface area contributed by atoms with Gasteiger partial charge in [-0.05, 0) is 65.8 Å². The van der Waals surface area contributed by atoms with Gasteiger partial charge in [0.25, 0.3) is 0 Å². The normalized spacial score (nSPS) is 12.5. The molecule has 26 heavy (non-hydrogen) atoms. The molecule has 3 aromatic rings. The molecule has 1 aliphatic rings. The zero-order valence-electron chi connectivity index (χ0n) is 14.5. The highest BCUT2D eigenvalue weighted by Crippen LogP contribution is 2.26. The van der Waals surface area contributed by atoms with Crippen molar-refractivity contribution in [3.63, 3.8) is 0 Å². The van der Waals surface area contributed by atoms with E-state index >= 15 is 0 Å². The average molecular weight is 344 g/mol. The van der Waals surface area contributed by atoms with Gasteiger partial charge < -0.3 is 9.47 Å². The highest BCUT2D eigenvalue weighted by molar-refractivity contribution is 5.74. The van der Waals surface area contributed by atoms with E-state index in [2.05, 4.69) is 6.07 Å². The number of benzene rings is 3. The molecule has 0 bridgehead atoms. The van der Waals surface area contributed by atoms with E-state index in [1.807, 2.05) is 54.6 Å². The number of esters is 1. The number of hydrogen-bond donors (Lipinski definition) is 0. The van der Waals surface area contributed by atoms with Crippen molar-refractivity contribution in [2.45, 2.75) is 19.3 Å². The maximum Gasteiger partial charge on any atom is 0.349 e. The molecule has 1 aliphatic carbocycles. The first-order valence-corrected chi connectivity index (χ1v) is 8.89. The molecule has 0 fully saturated rings. The Hall–Kier alpha value is -3.07. The fraction of sp³-hybridized carbons (Fsp3) is 0.174. The Labute approximate surface area is 153 Å². The fourth-order valence-electron chi connectivity index (χ4n) is 3.29. The molecule has 3 nitrogen and oxygen atoms in total. The van der Waals surface area contributed by atoms with Gasteiger partial charge in [-0.3, -0.25) is 0 Å². The molecule has 0 spiro atoms. The van der Waals surface area contributed by atoms with Crippen LogP contribution in [0.5, 0.6) is 11.5 Å². The standard InChI is InChI=1S/C23H20O3/c24-23(16-25-22-14-11-18-7-4-8-20(18)15-22)26-21-12-9-19(10-13-21)17-5-2-1-3-6-17/h1-3,5-6,9-15H,4,7-8,16H2. The van der Waals surface area contributed by atoms with Gasteiger partial charge in [-0.2, -0.15) is 0 Å². The molecule has 0 amide bonds. The summed E-state index contributed by atoms with van der Waals surface area (Å²) in [4.78, 5) is 12.0. The van der Waals surface area contributed by atoms with Gasteiger partial charge in [-0.15, -0.1) is 0 Å². The molecule has 3 heteroatoms. The summed E-state index contributed by atoms with van der Waals surface area (Å²) in [5.41, 5.74) is 4.93. The van der Waals surface area contributed by atoms with E-state index in [0.717, 1.165) is 29.7 Å². The lowest BCUT2D eigenvalue weighted by Crippen LogP contribution is -2.17. The van der Waals surface area contributed by atoms with Crippen LogP contribution >= 0.6 is 0 Å². The van der Waals surface area contributed by atoms with Gasteiger partial charge in [0, 0.05) is 0 Å². The summed E-state index contributed by atoms with van der Waals surface area (Å²) in [5, 5.41) is 0. The van der Waals surface area contributed by atoms with E-state index in [1.54, 1.807) is 12.1 Å². The molecule has 0 saturated heterocycles. The SMILES string of the molecule is O=C(COc1ccc2c(c1)CCC2)Oc1ccc(-c2ccccc2)cc1. The smallest absolute Gasteiger partial charge is 0.349 e. The van der Waals surface area contributed by atoms with Crippen LogP contribution < -0.4 is 9.47 Å². The largest absolute Gasteiger partial charge is 0.482 e. The second-order valence-electron chi connectivity index (χ2n) is 6.44. The topological polar surface area (TPSA) is 35.5 Å². The van der Waals surface area contributed by atoms with Gasteiger partial charge in [-0.25, -0.2) is 4.79 Å². The number of aryl methyl sites for hydroxylation is 2. The highest BCUT2D eigenvalue weighted by Gasteiger charge is 2.12. The summed E-state index contributed by atoms with van der Waals surface area (Å²) in [6, 6.07) is 23.6. The third-order valence-electron chi connectivity index (χ3n) is 4.62. The lowest BCUT2D eigenvalue weighted by molar-refractivity contribution is -0.136. The van der Waals surface area contributed by atoms with E-state index in [1.165, 1.54) is 17.5 Å². The van der Waals surface area contributed by atoms with Crippen molar-refractivity contribution < 1.29 is 14.3 Å². The molecule has 4 rings (SSSR count). The predicted molar refractivity (Wildman–Crippen MR) is 101 cm³/mol. The summed E-state index contributed by atoms with van der Waals surface area (Å²) >= 11 is 0. The molecule has 0 radical (unpaired) electrons. The van der Waals surface area contributed by atoms with Gasteiger partial charge >= 0.3 is 5.97 Å². The highest BCUT2D eigenvalue weighted by atomic mass is 16.6. The first-order chi connectivity index (χ1) is 12.8. The van der Waals surface area contributed by atoms with Crippen LogP contribution in [0.15, 0.2) is 72.8 Å². The minimum absolute atomic E-state index is 0.0980. The van der Waals surface area contributed by atoms with Gasteiger partial charge in [-0.1, -0.05) is 48.5 Å². The van der Waals surface area contributed by atoms with E-state index in [9.17, 15) is 4.79 Å². The molecule has 130 valence electrons. The number of fused-ring (bicyclic) bond motifs is 1. The van der Waals surface area contributed by atoms with Crippen molar-refractivity contribution in [1.82, 2.24) is 0 Å². The monoisotopic (exact) mass is 344 g/mol. The van der Waals surface area contributed by atoms with E-state index in [4.69, 9.17) is 9.47 Å². The second-order valence-corrected chi connectivity index (χ2v) is 6.44. The lowest BCUT2D eigenvalue weighted by atomic mass is 10.1. The molecule has 0 aliphatic heterocycles. The summed E-state index contributed by atoms with van der Waals surface area (Å²) in [7, 11) is 0. The maximum atomic E-state index is 12.0. The molecule has 0 saturated carbocycles. The van der Waals surface area contributed by atoms with Gasteiger partial charge in [0.05, 0.1) is 0 Å². The van der Waals surface area contributed by atoms with Crippen LogP contribution in [0.1, 0.15) is 17.5 Å². The van der Waals surface area contributed by atoms with E-state index in [0.29, 0.717) is 5.75 Å². The molecule has 0 atom stereocenters. The molecule has 0 unspecified atom stereocenters. The third kappa shape index (κ3) is 3.77. The van der Waals surface area contributed by atoms with Crippen LogP contribution in [0.2, 0.25) is 0 Å². The second kappa shape index (κ2) is 7.44. The molecule has 0 N–H and O–H groups in total. The summed E-state index contributed by atoms with van der Waals surface area (Å²) < 4.78 is 10.9. The van der Waals surface area contributed by atoms with Crippen molar-refractivity contribution >= 4 is 5.97 Å². The van der Waals surface area contributed by atoms with Crippen LogP contribution in [0.3, 0.4) is 0 Å². The van der Waals surface area contributed by atoms with Crippen molar-refractivity contribution in [3.05, 3.63) is 83.9 Å². The predicted octanol–water partition coefficient (Wildman–Crippen LogP) is 4.83. The Morgan fingerprint density at radius 3 is 2.27 bits per heavy atom. The molecular formula is C23H20O3. The quantitative estimate of drug-likeness (QED) is 0.491. The van der Waals surface area contributed by atoms with Crippen molar-refractivity contribution in [2.75, 3.05) is 6.61 Å². The molecule has 3 aromatic carbocycles. The van der Waals surface area contributed by atoms with Gasteiger partial charge in [0.2, 0.25) is 0 Å². The van der Waals surface area contributed by atoms with Crippen LogP contribution in [0.25, 0.3) is 11.1 Å². The maximum absolute atomic E-state index is 12.0. The molecule has 0 heterocycles. The minimum Gasteiger partial charge on any atom is -0.482 e. The lowest BCUT2D eigenvalue weighted by Gasteiger charge is -2.09. The fourth-order valence-corrected chi connectivity index (χ4v) is 3.29. The number of ether oxygens (including phenoxy) is 2. The van der Waals surface area contributed by atoms with E-state index in [-0.39, 0.29) is 6.61 Å². The van der Waals surface area contributed by atoms with Crippen LogP contribution in [0.4, 0.5) is 0 Å². The third-order valence-corrected chi connectivity index (χ3v) is 4.62. The first kappa shape index (κ1) is 16.4. The average Bonchev–Trinajstić information content (AvgIpc) is 3.15. The Morgan fingerprint density at radius 2 is 1.46 bits per heavy atom. The first-order valence-electron chi connectivity index (χ1n) is 8.89. The summed E-state index contributed by atoms with van der Waals surface area (Å²) in [6.45, 7) is -0.0980. The Morgan fingerprint density at radius 1 is 0.769 bits per heavy atom. The molecule has 0 aromatic heterocycles. The summed E-state index contributed by atoms with van der Waals surface area (Å²) in [6.07, 6.45) is 3.42. The summed E-state index contributed by atoms with van der Waals surface area (Å²) in [5.74, 6) is 0.840. The number of hydrogen-bond acceptors (Lipinski definition) is 3. The zero-order chi connectivity index (χ0) is 17.8. The van der Waals surface area contributed by atoms with Crippen LogP contribution in [-0.4, -0.2) is 12.6 Å². The Bertz CT molecular complexity index is 898. The molecular weight excluding hydrogens is 324 g/mol. The van der Waals surface area contributed by atoms with Crippen LogP contribution in [-0.2, 0) is 17.6 Å². The minimum atomic E-state index is -0.405. The number of carbonyl (C=O) groups is 1. The van der Waals surface area contributed by atoms with Crippen LogP contribution in [0, 0.1) is 0 Å². The Balaban J connectivity index is 1.33. The van der Waals surface area contributed by atoms with Gasteiger partial charge in [0.1, 0.15) is 11.5 Å². The Kier molecular flexibility index (Phi) is 4.69. The zero-order valence-corrected chi connectivity index (χ0v) is 14.5. The van der Waals surface area contributed by atoms with Crippen molar-refractivity contribution in [1.29, 1.82) is 0 Å².